The summed E-state index contributed by atoms with van der Waals surface area (Å²) in [5, 5.41) is 6.42. The Labute approximate surface area is 169 Å². The summed E-state index contributed by atoms with van der Waals surface area (Å²) in [5.41, 5.74) is 2.60. The number of amides is 1. The van der Waals surface area contributed by atoms with Gasteiger partial charge in [0.15, 0.2) is 0 Å². The molecular weight excluding hydrogens is 383 g/mol. The molecule has 1 saturated heterocycles. The van der Waals surface area contributed by atoms with Crippen molar-refractivity contribution >= 4 is 43.1 Å². The lowest BCUT2D eigenvalue weighted by molar-refractivity contribution is -0.123. The van der Waals surface area contributed by atoms with Crippen LogP contribution in [0.25, 0.3) is 0 Å². The molecule has 8 heteroatoms. The molecule has 2 aliphatic heterocycles. The molecule has 2 N–H and O–H groups in total. The van der Waals surface area contributed by atoms with Crippen LogP contribution in [-0.4, -0.2) is 68.1 Å². The molecule has 25 heavy (non-hydrogen) atoms. The van der Waals surface area contributed by atoms with Crippen LogP contribution < -0.4 is 10.6 Å². The normalized spacial score (nSPS) is 20.3. The van der Waals surface area contributed by atoms with Gasteiger partial charge in [-0.25, -0.2) is 0 Å². The number of halogens is 3. The number of hydrogen-bond acceptors (Lipinski definition) is 4. The van der Waals surface area contributed by atoms with Crippen molar-refractivity contribution in [2.24, 2.45) is 0 Å². The van der Waals surface area contributed by atoms with Gasteiger partial charge in [0, 0.05) is 45.8 Å². The van der Waals surface area contributed by atoms with E-state index in [0.717, 1.165) is 52.2 Å². The van der Waals surface area contributed by atoms with Gasteiger partial charge in [-0.3, -0.25) is 9.69 Å². The molecule has 144 valence electrons. The Hall–Kier alpha value is -0.560. The van der Waals surface area contributed by atoms with Crippen LogP contribution in [0, 0.1) is 0 Å². The Kier molecular flexibility index (Phi) is 11.7. The molecule has 1 unspecified atom stereocenters. The molecule has 5 nitrogen and oxygen atoms in total. The largest absolute Gasteiger partial charge is 0.353 e. The van der Waals surface area contributed by atoms with Gasteiger partial charge in [0.25, 0.3) is 0 Å². The van der Waals surface area contributed by atoms with Crippen LogP contribution in [0.4, 0.5) is 0 Å². The highest BCUT2D eigenvalue weighted by atomic mass is 35.5. The highest BCUT2D eigenvalue weighted by molar-refractivity contribution is 5.86. The summed E-state index contributed by atoms with van der Waals surface area (Å²) in [7, 11) is 2.16. The molecule has 0 spiro atoms. The second-order valence-corrected chi connectivity index (χ2v) is 6.34. The minimum absolute atomic E-state index is 0. The van der Waals surface area contributed by atoms with Gasteiger partial charge in [-0.15, -0.1) is 37.2 Å². The fourth-order valence-electron chi connectivity index (χ4n) is 3.17. The number of rotatable bonds is 4. The van der Waals surface area contributed by atoms with Crippen LogP contribution >= 0.6 is 37.2 Å². The number of fused-ring (bicyclic) bond motifs is 1. The summed E-state index contributed by atoms with van der Waals surface area (Å²) >= 11 is 0. The first-order valence-electron chi connectivity index (χ1n) is 8.21. The fourth-order valence-corrected chi connectivity index (χ4v) is 3.17. The van der Waals surface area contributed by atoms with E-state index in [1.807, 2.05) is 6.07 Å². The van der Waals surface area contributed by atoms with Crippen molar-refractivity contribution in [2.75, 3.05) is 46.3 Å². The van der Waals surface area contributed by atoms with Crippen molar-refractivity contribution in [1.29, 1.82) is 0 Å². The van der Waals surface area contributed by atoms with Gasteiger partial charge in [0.05, 0.1) is 6.04 Å². The van der Waals surface area contributed by atoms with E-state index in [1.165, 1.54) is 11.1 Å². The van der Waals surface area contributed by atoms with E-state index < -0.39 is 0 Å². The zero-order chi connectivity index (χ0) is 15.4. The van der Waals surface area contributed by atoms with Crippen molar-refractivity contribution in [3.8, 4) is 0 Å². The zero-order valence-electron chi connectivity index (χ0n) is 14.6. The van der Waals surface area contributed by atoms with E-state index >= 15 is 0 Å². The quantitative estimate of drug-likeness (QED) is 0.785. The highest BCUT2D eigenvalue weighted by Crippen LogP contribution is 2.16. The summed E-state index contributed by atoms with van der Waals surface area (Å²) in [6, 6.07) is 8.26. The van der Waals surface area contributed by atoms with Gasteiger partial charge in [0.1, 0.15) is 0 Å². The SMILES string of the molecule is CN1CCN(CCNC(=O)C2Cc3ccccc3CN2)CC1.Cl.Cl.Cl. The van der Waals surface area contributed by atoms with Crippen LogP contribution in [0.2, 0.25) is 0 Å². The molecule has 1 fully saturated rings. The molecule has 2 aliphatic rings. The number of carbonyl (C=O) groups is 1. The Morgan fingerprint density at radius 1 is 1.12 bits per heavy atom. The first-order chi connectivity index (χ1) is 10.7. The van der Waals surface area contributed by atoms with Gasteiger partial charge < -0.3 is 15.5 Å². The highest BCUT2D eigenvalue weighted by Gasteiger charge is 2.23. The van der Waals surface area contributed by atoms with Gasteiger partial charge in [-0.05, 0) is 24.6 Å². The monoisotopic (exact) mass is 410 g/mol. The molecule has 0 aromatic heterocycles. The van der Waals surface area contributed by atoms with Crippen molar-refractivity contribution < 1.29 is 4.79 Å². The third-order valence-electron chi connectivity index (χ3n) is 4.72. The Morgan fingerprint density at radius 3 is 2.44 bits per heavy atom. The molecule has 0 radical (unpaired) electrons. The number of nitrogens with one attached hydrogen (secondary N) is 2. The Balaban J connectivity index is 0.00000192. The van der Waals surface area contributed by atoms with Crippen LogP contribution in [0.15, 0.2) is 24.3 Å². The van der Waals surface area contributed by atoms with Crippen molar-refractivity contribution in [1.82, 2.24) is 20.4 Å². The molecule has 1 aromatic carbocycles. The maximum atomic E-state index is 12.3. The van der Waals surface area contributed by atoms with Crippen LogP contribution in [0.5, 0.6) is 0 Å². The average Bonchev–Trinajstić information content (AvgIpc) is 2.56. The maximum absolute atomic E-state index is 12.3. The number of benzene rings is 1. The van der Waals surface area contributed by atoms with Crippen LogP contribution in [0.3, 0.4) is 0 Å². The van der Waals surface area contributed by atoms with E-state index in [0.29, 0.717) is 0 Å². The van der Waals surface area contributed by atoms with Gasteiger partial charge >= 0.3 is 0 Å². The number of nitrogens with zero attached hydrogens (tertiary/aromatic N) is 2. The predicted octanol–water partition coefficient (Wildman–Crippen LogP) is 1.33. The standard InChI is InChI=1S/C17H26N4O.3ClH/c1-20-8-10-21(11-9-20)7-6-18-17(22)16-12-14-4-2-3-5-15(14)13-19-16;;;/h2-5,16,19H,6-13H2,1H3,(H,18,22);3*1H. The average molecular weight is 412 g/mol. The van der Waals surface area contributed by atoms with Gasteiger partial charge in [-0.1, -0.05) is 24.3 Å². The van der Waals surface area contributed by atoms with Gasteiger partial charge in [-0.2, -0.15) is 0 Å². The number of hydrogen-bond donors (Lipinski definition) is 2. The van der Waals surface area contributed by atoms with E-state index in [4.69, 9.17) is 0 Å². The lowest BCUT2D eigenvalue weighted by atomic mass is 9.95. The van der Waals surface area contributed by atoms with Crippen molar-refractivity contribution in [3.63, 3.8) is 0 Å². The summed E-state index contributed by atoms with van der Waals surface area (Å²) in [6.07, 6.45) is 0.788. The third kappa shape index (κ3) is 6.93. The van der Waals surface area contributed by atoms with Crippen molar-refractivity contribution in [2.45, 2.75) is 19.0 Å². The number of carbonyl (C=O) groups excluding carboxylic acids is 1. The summed E-state index contributed by atoms with van der Waals surface area (Å²) < 4.78 is 0. The molecule has 2 heterocycles. The van der Waals surface area contributed by atoms with E-state index in [9.17, 15) is 4.79 Å². The first kappa shape index (κ1) is 24.4. The molecular formula is C17H29Cl3N4O. The molecule has 1 amide bonds. The summed E-state index contributed by atoms with van der Waals surface area (Å²) in [6.45, 7) is 6.91. The Morgan fingerprint density at radius 2 is 1.76 bits per heavy atom. The third-order valence-corrected chi connectivity index (χ3v) is 4.72. The summed E-state index contributed by atoms with van der Waals surface area (Å²) in [5.74, 6) is 0.128. The Bertz CT molecular complexity index is 524. The van der Waals surface area contributed by atoms with Gasteiger partial charge in [0.2, 0.25) is 5.91 Å². The summed E-state index contributed by atoms with van der Waals surface area (Å²) in [4.78, 5) is 17.1. The van der Waals surface area contributed by atoms with E-state index in [2.05, 4.69) is 45.7 Å². The minimum atomic E-state index is -0.0950. The lowest BCUT2D eigenvalue weighted by Gasteiger charge is -2.32. The molecule has 0 saturated carbocycles. The maximum Gasteiger partial charge on any atom is 0.237 e. The predicted molar refractivity (Wildman–Crippen MR) is 109 cm³/mol. The second kappa shape index (κ2) is 11.9. The van der Waals surface area contributed by atoms with Crippen LogP contribution in [-0.2, 0) is 17.8 Å². The van der Waals surface area contributed by atoms with E-state index in [-0.39, 0.29) is 49.2 Å². The fraction of sp³-hybridized carbons (Fsp3) is 0.588. The molecule has 0 bridgehead atoms. The number of piperazine rings is 1. The molecule has 1 aromatic rings. The minimum Gasteiger partial charge on any atom is -0.353 e. The zero-order valence-corrected chi connectivity index (χ0v) is 17.0. The van der Waals surface area contributed by atoms with E-state index in [1.54, 1.807) is 0 Å². The smallest absolute Gasteiger partial charge is 0.237 e. The second-order valence-electron chi connectivity index (χ2n) is 6.34. The molecule has 1 atom stereocenters. The number of likely N-dealkylation sites (N-methyl/N-ethyl adjacent to an activating group) is 1. The topological polar surface area (TPSA) is 47.6 Å². The van der Waals surface area contributed by atoms with Crippen LogP contribution in [0.1, 0.15) is 11.1 Å². The van der Waals surface area contributed by atoms with Crippen molar-refractivity contribution in [3.05, 3.63) is 35.4 Å². The first-order valence-corrected chi connectivity index (χ1v) is 8.21. The molecule has 3 rings (SSSR count). The lowest BCUT2D eigenvalue weighted by Crippen LogP contribution is -2.50. The molecule has 0 aliphatic carbocycles.